The van der Waals surface area contributed by atoms with Crippen molar-refractivity contribution in [1.82, 2.24) is 4.57 Å². The number of hydrogen-bond acceptors (Lipinski definition) is 8. The van der Waals surface area contributed by atoms with Gasteiger partial charge in [0.15, 0.2) is 0 Å². The Balaban J connectivity index is 2.31. The maximum Gasteiger partial charge on any atom is 0.424 e. The summed E-state index contributed by atoms with van der Waals surface area (Å²) in [4.78, 5) is 23.6. The van der Waals surface area contributed by atoms with Crippen molar-refractivity contribution in [2.45, 2.75) is 50.2 Å². The first-order valence-electron chi connectivity index (χ1n) is 7.64. The lowest BCUT2D eigenvalue weighted by molar-refractivity contribution is -0.0491. The summed E-state index contributed by atoms with van der Waals surface area (Å²) in [5.74, 6) is -0.891. The van der Waals surface area contributed by atoms with Crippen LogP contribution in [0.5, 0.6) is 0 Å². The number of nitrogens with two attached hydrogens (primary N) is 2. The minimum atomic E-state index is -0.912. The van der Waals surface area contributed by atoms with Crippen molar-refractivity contribution in [3.8, 4) is 0 Å². The van der Waals surface area contributed by atoms with Crippen LogP contribution >= 0.6 is 0 Å². The second kappa shape index (κ2) is 7.84. The Labute approximate surface area is 132 Å². The molecule has 1 aliphatic heterocycles. The summed E-state index contributed by atoms with van der Waals surface area (Å²) >= 11 is 0. The molecule has 4 unspecified atom stereocenters. The van der Waals surface area contributed by atoms with Crippen molar-refractivity contribution in [3.63, 3.8) is 0 Å². The third-order valence-corrected chi connectivity index (χ3v) is 3.95. The monoisotopic (exact) mass is 329 g/mol. The molecule has 0 spiro atoms. The molecule has 1 aromatic rings. The highest BCUT2D eigenvalue weighted by Gasteiger charge is 2.36. The van der Waals surface area contributed by atoms with E-state index >= 15 is 0 Å². The molecule has 9 nitrogen and oxygen atoms in total. The van der Waals surface area contributed by atoms with Gasteiger partial charge >= 0.3 is 11.4 Å². The van der Waals surface area contributed by atoms with E-state index in [0.717, 1.165) is 23.5 Å². The number of unbranched alkanes of at least 4 members (excludes halogenated alkanes) is 1. The minimum absolute atomic E-state index is 0.0986. The smallest absolute Gasteiger partial charge is 0.394 e. The van der Waals surface area contributed by atoms with Crippen molar-refractivity contribution in [2.24, 2.45) is 11.5 Å². The lowest BCUT2D eigenvalue weighted by Gasteiger charge is -2.21. The van der Waals surface area contributed by atoms with Gasteiger partial charge in [-0.25, -0.2) is 9.59 Å². The molecular formula is C14H23N3O6. The highest BCUT2D eigenvalue weighted by Crippen LogP contribution is 2.29. The SMILES string of the molecule is NCCCCC(N)c1cc(=O)oc(=O)n1C1CC(O)C(CO)O1. The van der Waals surface area contributed by atoms with E-state index in [0.29, 0.717) is 18.7 Å². The van der Waals surface area contributed by atoms with Gasteiger partial charge < -0.3 is 30.8 Å². The third kappa shape index (κ3) is 4.06. The van der Waals surface area contributed by atoms with Gasteiger partial charge in [0.05, 0.1) is 18.4 Å². The van der Waals surface area contributed by atoms with Crippen molar-refractivity contribution in [3.05, 3.63) is 32.7 Å². The third-order valence-electron chi connectivity index (χ3n) is 3.95. The van der Waals surface area contributed by atoms with Gasteiger partial charge in [0.2, 0.25) is 0 Å². The van der Waals surface area contributed by atoms with Crippen LogP contribution < -0.4 is 22.8 Å². The Morgan fingerprint density at radius 2 is 2.13 bits per heavy atom. The second-order valence-electron chi connectivity index (χ2n) is 5.63. The average Bonchev–Trinajstić information content (AvgIpc) is 2.87. The number of aliphatic hydroxyl groups is 2. The molecule has 0 saturated carbocycles. The molecule has 0 aromatic carbocycles. The van der Waals surface area contributed by atoms with Gasteiger partial charge in [-0.1, -0.05) is 6.42 Å². The maximum atomic E-state index is 12.1. The standard InChI is InChI=1S/C14H23N3O6/c15-4-2-1-3-8(16)9-5-13(20)23-14(21)17(9)12-6-10(19)11(7-18)22-12/h5,8,10-12,18-19H,1-4,6-7,15-16H2. The minimum Gasteiger partial charge on any atom is -0.394 e. The predicted molar refractivity (Wildman–Crippen MR) is 80.7 cm³/mol. The molecular weight excluding hydrogens is 306 g/mol. The van der Waals surface area contributed by atoms with E-state index in [1.54, 1.807) is 0 Å². The number of aromatic nitrogens is 1. The van der Waals surface area contributed by atoms with Crippen LogP contribution in [0.3, 0.4) is 0 Å². The van der Waals surface area contributed by atoms with Crippen LogP contribution in [0.4, 0.5) is 0 Å². The molecule has 2 heterocycles. The Kier molecular flexibility index (Phi) is 6.08. The molecule has 23 heavy (non-hydrogen) atoms. The Morgan fingerprint density at radius 1 is 1.39 bits per heavy atom. The lowest BCUT2D eigenvalue weighted by Crippen LogP contribution is -2.34. The van der Waals surface area contributed by atoms with E-state index in [4.69, 9.17) is 21.3 Å². The summed E-state index contributed by atoms with van der Waals surface area (Å²) in [5, 5.41) is 19.0. The molecule has 1 saturated heterocycles. The highest BCUT2D eigenvalue weighted by atomic mass is 16.5. The zero-order chi connectivity index (χ0) is 17.0. The van der Waals surface area contributed by atoms with Crippen LogP contribution in [-0.4, -0.2) is 40.1 Å². The Hall–Kier alpha value is -1.52. The fourth-order valence-corrected chi connectivity index (χ4v) is 2.72. The number of ether oxygens (including phenoxy) is 1. The van der Waals surface area contributed by atoms with Crippen LogP contribution in [0.2, 0.25) is 0 Å². The quantitative estimate of drug-likeness (QED) is 0.444. The van der Waals surface area contributed by atoms with E-state index in [1.807, 2.05) is 0 Å². The van der Waals surface area contributed by atoms with E-state index in [9.17, 15) is 14.7 Å². The number of nitrogens with zero attached hydrogens (tertiary/aromatic N) is 1. The van der Waals surface area contributed by atoms with Crippen LogP contribution in [0, 0.1) is 0 Å². The van der Waals surface area contributed by atoms with E-state index in [-0.39, 0.29) is 13.0 Å². The fraction of sp³-hybridized carbons (Fsp3) is 0.714. The number of hydrogen-bond donors (Lipinski definition) is 4. The van der Waals surface area contributed by atoms with Crippen LogP contribution in [0.1, 0.15) is 43.6 Å². The molecule has 0 bridgehead atoms. The first-order chi connectivity index (χ1) is 11.0. The largest absolute Gasteiger partial charge is 0.424 e. The van der Waals surface area contributed by atoms with Crippen LogP contribution in [0.15, 0.2) is 20.1 Å². The molecule has 4 atom stereocenters. The zero-order valence-corrected chi connectivity index (χ0v) is 12.8. The van der Waals surface area contributed by atoms with Crippen molar-refractivity contribution >= 4 is 0 Å². The molecule has 9 heteroatoms. The molecule has 2 rings (SSSR count). The predicted octanol–water partition coefficient (Wildman–Crippen LogP) is -1.43. The highest BCUT2D eigenvalue weighted by molar-refractivity contribution is 5.07. The van der Waals surface area contributed by atoms with Gasteiger partial charge in [-0.05, 0) is 19.4 Å². The molecule has 0 radical (unpaired) electrons. The summed E-state index contributed by atoms with van der Waals surface area (Å²) in [5.41, 5.74) is 11.0. The number of rotatable bonds is 7. The molecule has 1 fully saturated rings. The first kappa shape index (κ1) is 17.8. The topological polar surface area (TPSA) is 154 Å². The Morgan fingerprint density at radius 3 is 2.74 bits per heavy atom. The molecule has 0 amide bonds. The summed E-state index contributed by atoms with van der Waals surface area (Å²) in [7, 11) is 0. The van der Waals surface area contributed by atoms with E-state index in [2.05, 4.69) is 4.42 Å². The average molecular weight is 329 g/mol. The van der Waals surface area contributed by atoms with Gasteiger partial charge in [-0.15, -0.1) is 0 Å². The van der Waals surface area contributed by atoms with E-state index in [1.165, 1.54) is 0 Å². The van der Waals surface area contributed by atoms with Gasteiger partial charge in [-0.2, -0.15) is 0 Å². The molecule has 0 aliphatic carbocycles. The van der Waals surface area contributed by atoms with Crippen LogP contribution in [-0.2, 0) is 4.74 Å². The number of aliphatic hydroxyl groups excluding tert-OH is 2. The fourth-order valence-electron chi connectivity index (χ4n) is 2.72. The van der Waals surface area contributed by atoms with Crippen LogP contribution in [0.25, 0.3) is 0 Å². The lowest BCUT2D eigenvalue weighted by atomic mass is 10.1. The van der Waals surface area contributed by atoms with Crippen molar-refractivity contribution < 1.29 is 19.4 Å². The summed E-state index contributed by atoms with van der Waals surface area (Å²) < 4.78 is 11.2. The van der Waals surface area contributed by atoms with Gasteiger partial charge in [0.25, 0.3) is 0 Å². The molecule has 1 aromatic heterocycles. The Bertz CT molecular complexity index is 628. The normalized spacial score (nSPS) is 25.7. The zero-order valence-electron chi connectivity index (χ0n) is 12.8. The van der Waals surface area contributed by atoms with Gasteiger partial charge in [-0.3, -0.25) is 4.57 Å². The first-order valence-corrected chi connectivity index (χ1v) is 7.64. The summed E-state index contributed by atoms with van der Waals surface area (Å²) in [6, 6.07) is 0.601. The summed E-state index contributed by atoms with van der Waals surface area (Å²) in [6.07, 6.45) is -0.371. The second-order valence-corrected chi connectivity index (χ2v) is 5.63. The molecule has 1 aliphatic rings. The van der Waals surface area contributed by atoms with Crippen molar-refractivity contribution in [1.29, 1.82) is 0 Å². The van der Waals surface area contributed by atoms with Crippen molar-refractivity contribution in [2.75, 3.05) is 13.2 Å². The molecule has 6 N–H and O–H groups in total. The van der Waals surface area contributed by atoms with Gasteiger partial charge in [0, 0.05) is 18.5 Å². The van der Waals surface area contributed by atoms with E-state index < -0.39 is 35.9 Å². The van der Waals surface area contributed by atoms with Gasteiger partial charge in [0.1, 0.15) is 12.3 Å². The molecule has 130 valence electrons. The summed E-state index contributed by atoms with van der Waals surface area (Å²) in [6.45, 7) is 0.160. The maximum absolute atomic E-state index is 12.1.